The summed E-state index contributed by atoms with van der Waals surface area (Å²) in [5.41, 5.74) is 1.18. The van der Waals surface area contributed by atoms with Crippen molar-refractivity contribution in [1.29, 1.82) is 0 Å². The van der Waals surface area contributed by atoms with Gasteiger partial charge in [0.05, 0.1) is 21.2 Å². The van der Waals surface area contributed by atoms with Gasteiger partial charge in [-0.25, -0.2) is 13.4 Å². The predicted molar refractivity (Wildman–Crippen MR) is 101 cm³/mol. The Bertz CT molecular complexity index is 708. The fourth-order valence-corrected chi connectivity index (χ4v) is 5.25. The second-order valence-corrected chi connectivity index (χ2v) is 10.7. The van der Waals surface area contributed by atoms with Gasteiger partial charge in [0.2, 0.25) is 0 Å². The van der Waals surface area contributed by atoms with Crippen LogP contribution in [0.2, 0.25) is 0 Å². The smallest absolute Gasteiger partial charge is 0.193 e. The van der Waals surface area contributed by atoms with Crippen LogP contribution in [0.4, 0.5) is 0 Å². The quantitative estimate of drug-likeness (QED) is 0.642. The largest absolute Gasteiger partial charge is 0.356 e. The zero-order chi connectivity index (χ0) is 18.0. The van der Waals surface area contributed by atoms with E-state index >= 15 is 0 Å². The van der Waals surface area contributed by atoms with Gasteiger partial charge < -0.3 is 10.2 Å². The Labute approximate surface area is 149 Å². The molecule has 24 heavy (non-hydrogen) atoms. The number of nitrogens with one attached hydrogen (secondary N) is 1. The minimum absolute atomic E-state index is 0.173. The Morgan fingerprint density at radius 1 is 1.46 bits per heavy atom. The number of sulfone groups is 1. The predicted octanol–water partition coefficient (Wildman–Crippen LogP) is 1.64. The number of aromatic nitrogens is 1. The first-order chi connectivity index (χ1) is 11.2. The third kappa shape index (κ3) is 4.08. The maximum atomic E-state index is 12.1. The standard InChI is InChI=1S/C16H28N4O2S2/c1-6-13-12(2)23-14(19-13)7-8-18-15(17-5)20-9-10-24(21,22)16(3,4)11-20/h6-11H2,1-5H3,(H,17,18). The van der Waals surface area contributed by atoms with E-state index in [9.17, 15) is 8.42 Å². The zero-order valence-corrected chi connectivity index (χ0v) is 16.9. The van der Waals surface area contributed by atoms with E-state index in [4.69, 9.17) is 0 Å². The fourth-order valence-electron chi connectivity index (χ4n) is 2.86. The molecule has 2 heterocycles. The molecule has 0 atom stereocenters. The van der Waals surface area contributed by atoms with E-state index in [-0.39, 0.29) is 5.75 Å². The lowest BCUT2D eigenvalue weighted by Gasteiger charge is -2.39. The molecule has 1 aliphatic heterocycles. The van der Waals surface area contributed by atoms with E-state index in [1.807, 2.05) is 4.90 Å². The van der Waals surface area contributed by atoms with Crippen molar-refractivity contribution in [3.63, 3.8) is 0 Å². The van der Waals surface area contributed by atoms with Gasteiger partial charge in [-0.1, -0.05) is 6.92 Å². The van der Waals surface area contributed by atoms with Crippen LogP contribution in [-0.2, 0) is 22.7 Å². The third-order valence-electron chi connectivity index (χ3n) is 4.45. The number of guanidine groups is 1. The van der Waals surface area contributed by atoms with Gasteiger partial charge in [0.1, 0.15) is 0 Å². The maximum absolute atomic E-state index is 12.1. The lowest BCUT2D eigenvalue weighted by atomic mass is 10.2. The minimum Gasteiger partial charge on any atom is -0.356 e. The van der Waals surface area contributed by atoms with Gasteiger partial charge in [0, 0.05) is 38.0 Å². The van der Waals surface area contributed by atoms with Crippen molar-refractivity contribution in [3.8, 4) is 0 Å². The minimum atomic E-state index is -3.04. The molecular weight excluding hydrogens is 344 g/mol. The molecule has 0 aliphatic carbocycles. The Morgan fingerprint density at radius 3 is 2.71 bits per heavy atom. The van der Waals surface area contributed by atoms with Crippen LogP contribution in [0.15, 0.2) is 4.99 Å². The molecular formula is C16H28N4O2S2. The topological polar surface area (TPSA) is 74.7 Å². The Kier molecular flexibility index (Phi) is 5.91. The number of hydrogen-bond donors (Lipinski definition) is 1. The molecule has 0 saturated carbocycles. The van der Waals surface area contributed by atoms with Gasteiger partial charge in [-0.3, -0.25) is 4.99 Å². The van der Waals surface area contributed by atoms with Crippen LogP contribution in [-0.4, -0.2) is 61.4 Å². The van der Waals surface area contributed by atoms with Crippen molar-refractivity contribution in [2.24, 2.45) is 4.99 Å². The number of nitrogens with zero attached hydrogens (tertiary/aromatic N) is 3. The second-order valence-electron chi connectivity index (χ2n) is 6.69. The monoisotopic (exact) mass is 372 g/mol. The molecule has 6 nitrogen and oxygen atoms in total. The second kappa shape index (κ2) is 7.39. The lowest BCUT2D eigenvalue weighted by molar-refractivity contribution is 0.353. The lowest BCUT2D eigenvalue weighted by Crippen LogP contribution is -2.57. The van der Waals surface area contributed by atoms with Crippen LogP contribution in [0.25, 0.3) is 0 Å². The molecule has 1 aromatic rings. The van der Waals surface area contributed by atoms with Crippen molar-refractivity contribution in [3.05, 3.63) is 15.6 Å². The van der Waals surface area contributed by atoms with Crippen molar-refractivity contribution < 1.29 is 8.42 Å². The number of thiazole rings is 1. The number of aliphatic imine (C=N–C) groups is 1. The summed E-state index contributed by atoms with van der Waals surface area (Å²) in [6.07, 6.45) is 1.81. The van der Waals surface area contributed by atoms with Crippen molar-refractivity contribution in [2.45, 2.75) is 45.3 Å². The van der Waals surface area contributed by atoms with Crippen LogP contribution in [0.5, 0.6) is 0 Å². The average Bonchev–Trinajstić information content (AvgIpc) is 2.87. The molecule has 8 heteroatoms. The average molecular weight is 373 g/mol. The summed E-state index contributed by atoms with van der Waals surface area (Å²) >= 11 is 1.75. The summed E-state index contributed by atoms with van der Waals surface area (Å²) in [5, 5.41) is 4.48. The molecule has 1 aliphatic rings. The molecule has 136 valence electrons. The van der Waals surface area contributed by atoms with Gasteiger partial charge in [0.25, 0.3) is 0 Å². The number of aryl methyl sites for hydroxylation is 2. The van der Waals surface area contributed by atoms with Gasteiger partial charge in [0.15, 0.2) is 15.8 Å². The molecule has 0 spiro atoms. The molecule has 0 aromatic carbocycles. The molecule has 1 aromatic heterocycles. The van der Waals surface area contributed by atoms with Gasteiger partial charge in [-0.05, 0) is 27.2 Å². The first kappa shape index (κ1) is 19.2. The maximum Gasteiger partial charge on any atom is 0.193 e. The number of rotatable bonds is 4. The van der Waals surface area contributed by atoms with Crippen LogP contribution >= 0.6 is 11.3 Å². The highest BCUT2D eigenvalue weighted by molar-refractivity contribution is 7.92. The Hall–Kier alpha value is -1.15. The summed E-state index contributed by atoms with van der Waals surface area (Å²) in [7, 11) is -1.30. The van der Waals surface area contributed by atoms with Crippen LogP contribution < -0.4 is 5.32 Å². The highest BCUT2D eigenvalue weighted by atomic mass is 32.2. The molecule has 0 unspecified atom stereocenters. The highest BCUT2D eigenvalue weighted by Gasteiger charge is 2.40. The Morgan fingerprint density at radius 2 is 2.17 bits per heavy atom. The summed E-state index contributed by atoms with van der Waals surface area (Å²) in [6, 6.07) is 0. The summed E-state index contributed by atoms with van der Waals surface area (Å²) in [4.78, 5) is 12.3. The van der Waals surface area contributed by atoms with E-state index in [1.165, 1.54) is 10.6 Å². The summed E-state index contributed by atoms with van der Waals surface area (Å²) < 4.78 is 23.5. The molecule has 1 saturated heterocycles. The van der Waals surface area contributed by atoms with Crippen LogP contribution in [0.1, 0.15) is 36.3 Å². The number of hydrogen-bond acceptors (Lipinski definition) is 5. The van der Waals surface area contributed by atoms with Crippen LogP contribution in [0.3, 0.4) is 0 Å². The highest BCUT2D eigenvalue weighted by Crippen LogP contribution is 2.23. The van der Waals surface area contributed by atoms with E-state index in [0.717, 1.165) is 30.4 Å². The summed E-state index contributed by atoms with van der Waals surface area (Å²) in [5.74, 6) is 0.939. The molecule has 0 radical (unpaired) electrons. The van der Waals surface area contributed by atoms with Gasteiger partial charge in [-0.2, -0.15) is 0 Å². The van der Waals surface area contributed by atoms with E-state index in [1.54, 1.807) is 32.2 Å². The van der Waals surface area contributed by atoms with Crippen molar-refractivity contribution in [1.82, 2.24) is 15.2 Å². The first-order valence-electron chi connectivity index (χ1n) is 8.33. The van der Waals surface area contributed by atoms with Crippen molar-refractivity contribution >= 4 is 27.1 Å². The molecule has 0 bridgehead atoms. The SMILES string of the molecule is CCc1nc(CCNC(=NC)N2CCS(=O)(=O)C(C)(C)C2)sc1C. The molecule has 1 N–H and O–H groups in total. The van der Waals surface area contributed by atoms with E-state index in [0.29, 0.717) is 13.1 Å². The zero-order valence-electron chi connectivity index (χ0n) is 15.2. The molecule has 2 rings (SSSR count). The normalized spacial score (nSPS) is 20.2. The Balaban J connectivity index is 1.93. The van der Waals surface area contributed by atoms with E-state index < -0.39 is 14.6 Å². The van der Waals surface area contributed by atoms with Gasteiger partial charge in [-0.15, -0.1) is 11.3 Å². The molecule has 0 amide bonds. The van der Waals surface area contributed by atoms with Crippen LogP contribution in [0, 0.1) is 6.92 Å². The third-order valence-corrected chi connectivity index (χ3v) is 8.05. The van der Waals surface area contributed by atoms with Gasteiger partial charge >= 0.3 is 0 Å². The summed E-state index contributed by atoms with van der Waals surface area (Å²) in [6.45, 7) is 9.50. The van der Waals surface area contributed by atoms with Crippen molar-refractivity contribution in [2.75, 3.05) is 32.4 Å². The first-order valence-corrected chi connectivity index (χ1v) is 10.8. The van der Waals surface area contributed by atoms with E-state index in [2.05, 4.69) is 29.1 Å². The fraction of sp³-hybridized carbons (Fsp3) is 0.750. The molecule has 1 fully saturated rings.